The molecule has 0 bridgehead atoms. The summed E-state index contributed by atoms with van der Waals surface area (Å²) >= 11 is 0. The zero-order valence-electron chi connectivity index (χ0n) is 17.9. The van der Waals surface area contributed by atoms with Crippen molar-refractivity contribution in [3.8, 4) is 23.1 Å². The average molecular weight is 443 g/mol. The Hall–Kier alpha value is -3.80. The van der Waals surface area contributed by atoms with E-state index in [1.807, 2.05) is 22.9 Å². The van der Waals surface area contributed by atoms with Crippen LogP contribution in [-0.4, -0.2) is 40.6 Å². The van der Waals surface area contributed by atoms with Crippen LogP contribution in [0.3, 0.4) is 0 Å². The van der Waals surface area contributed by atoms with Gasteiger partial charge in [-0.15, -0.1) is 0 Å². The van der Waals surface area contributed by atoms with E-state index in [-0.39, 0.29) is 18.5 Å². The van der Waals surface area contributed by atoms with Crippen molar-refractivity contribution in [3.63, 3.8) is 0 Å². The summed E-state index contributed by atoms with van der Waals surface area (Å²) < 4.78 is 27.0. The Bertz CT molecular complexity index is 1290. The van der Waals surface area contributed by atoms with Crippen molar-refractivity contribution in [2.75, 3.05) is 19.7 Å². The molecule has 2 aromatic carbocycles. The Morgan fingerprint density at radius 3 is 2.73 bits per heavy atom. The molecule has 3 heterocycles. The van der Waals surface area contributed by atoms with Gasteiger partial charge in [-0.2, -0.15) is 10.4 Å². The number of nitrogens with zero attached hydrogens (tertiary/aromatic N) is 4. The van der Waals surface area contributed by atoms with Crippen LogP contribution in [0.25, 0.3) is 22.2 Å². The lowest BCUT2D eigenvalue weighted by atomic mass is 10.0. The second kappa shape index (κ2) is 9.36. The molecule has 1 aliphatic heterocycles. The summed E-state index contributed by atoms with van der Waals surface area (Å²) in [6.45, 7) is 3.17. The van der Waals surface area contributed by atoms with Crippen molar-refractivity contribution in [1.29, 1.82) is 5.26 Å². The van der Waals surface area contributed by atoms with E-state index >= 15 is 0 Å². The van der Waals surface area contributed by atoms with Gasteiger partial charge in [-0.25, -0.2) is 9.37 Å². The molecule has 33 heavy (non-hydrogen) atoms. The molecule has 0 radical (unpaired) electrons. The molecule has 4 aromatic rings. The lowest BCUT2D eigenvalue weighted by Gasteiger charge is -2.23. The Morgan fingerprint density at radius 1 is 1.18 bits per heavy atom. The minimum absolute atomic E-state index is 0.0367. The van der Waals surface area contributed by atoms with Gasteiger partial charge in [0, 0.05) is 18.7 Å². The number of fused-ring (bicyclic) bond motifs is 1. The van der Waals surface area contributed by atoms with Crippen molar-refractivity contribution >= 4 is 11.0 Å². The predicted molar refractivity (Wildman–Crippen MR) is 121 cm³/mol. The third-order valence-electron chi connectivity index (χ3n) is 5.59. The van der Waals surface area contributed by atoms with Gasteiger partial charge in [0.2, 0.25) is 5.88 Å². The van der Waals surface area contributed by atoms with Gasteiger partial charge in [0.15, 0.2) is 0 Å². The van der Waals surface area contributed by atoms with Crippen LogP contribution in [0.4, 0.5) is 4.39 Å². The SMILES string of the molecule is N#Cc1ccc(-c2cc3c(cnn3C[C@H]3CNCCO3)nc2OCc2ccc(F)cc2)cc1. The highest BCUT2D eigenvalue weighted by atomic mass is 19.1. The van der Waals surface area contributed by atoms with E-state index < -0.39 is 0 Å². The van der Waals surface area contributed by atoms with Gasteiger partial charge in [0.05, 0.1) is 42.6 Å². The number of pyridine rings is 1. The number of rotatable bonds is 6. The molecule has 7 nitrogen and oxygen atoms in total. The van der Waals surface area contributed by atoms with Gasteiger partial charge in [-0.1, -0.05) is 24.3 Å². The van der Waals surface area contributed by atoms with Crippen LogP contribution in [-0.2, 0) is 17.9 Å². The summed E-state index contributed by atoms with van der Waals surface area (Å²) in [6.07, 6.45) is 1.76. The zero-order chi connectivity index (χ0) is 22.6. The van der Waals surface area contributed by atoms with Crippen molar-refractivity contribution in [1.82, 2.24) is 20.1 Å². The number of morpholine rings is 1. The van der Waals surface area contributed by atoms with E-state index in [1.165, 1.54) is 12.1 Å². The lowest BCUT2D eigenvalue weighted by molar-refractivity contribution is 0.0169. The number of benzene rings is 2. The summed E-state index contributed by atoms with van der Waals surface area (Å²) in [5.41, 5.74) is 4.66. The highest BCUT2D eigenvalue weighted by Crippen LogP contribution is 2.32. The molecule has 8 heteroatoms. The lowest BCUT2D eigenvalue weighted by Crippen LogP contribution is -2.40. The predicted octanol–water partition coefficient (Wildman–Crippen LogP) is 3.68. The quantitative estimate of drug-likeness (QED) is 0.489. The standard InChI is InChI=1S/C25H22FN5O2/c26-20-7-3-18(4-8-20)16-33-25-22(19-5-1-17(12-27)2-6-19)11-24-23(30-25)14-29-31(24)15-21-13-28-9-10-32-21/h1-8,11,14,21,28H,9-10,13,15-16H2/t21-/m1/s1. The molecule has 0 aliphatic carbocycles. The molecule has 1 saturated heterocycles. The van der Waals surface area contributed by atoms with Crippen molar-refractivity contribution in [2.45, 2.75) is 19.3 Å². The van der Waals surface area contributed by atoms with E-state index in [0.29, 0.717) is 30.1 Å². The maximum atomic E-state index is 13.2. The topological polar surface area (TPSA) is 85.0 Å². The molecule has 5 rings (SSSR count). The molecule has 1 atom stereocenters. The molecular weight excluding hydrogens is 421 g/mol. The van der Waals surface area contributed by atoms with Gasteiger partial charge in [0.1, 0.15) is 17.9 Å². The molecule has 2 aromatic heterocycles. The van der Waals surface area contributed by atoms with Crippen molar-refractivity contribution in [3.05, 3.63) is 77.7 Å². The monoisotopic (exact) mass is 443 g/mol. The highest BCUT2D eigenvalue weighted by Gasteiger charge is 2.18. The fraction of sp³-hybridized carbons (Fsp3) is 0.240. The van der Waals surface area contributed by atoms with Gasteiger partial charge in [-0.05, 0) is 41.5 Å². The number of ether oxygens (including phenoxy) is 2. The summed E-state index contributed by atoms with van der Waals surface area (Å²) in [5.74, 6) is 0.160. The summed E-state index contributed by atoms with van der Waals surface area (Å²) in [6, 6.07) is 17.6. The van der Waals surface area contributed by atoms with E-state index in [1.54, 1.807) is 30.5 Å². The van der Waals surface area contributed by atoms with E-state index in [4.69, 9.17) is 19.7 Å². The molecule has 0 spiro atoms. The number of nitriles is 1. The highest BCUT2D eigenvalue weighted by molar-refractivity contribution is 5.83. The molecular formula is C25H22FN5O2. The van der Waals surface area contributed by atoms with E-state index in [2.05, 4.69) is 16.5 Å². The van der Waals surface area contributed by atoms with Crippen LogP contribution in [0.15, 0.2) is 60.8 Å². The van der Waals surface area contributed by atoms with Crippen molar-refractivity contribution in [2.24, 2.45) is 0 Å². The third-order valence-corrected chi connectivity index (χ3v) is 5.59. The summed E-state index contributed by atoms with van der Waals surface area (Å²) in [7, 11) is 0. The van der Waals surface area contributed by atoms with Crippen LogP contribution in [0.2, 0.25) is 0 Å². The first kappa shape index (κ1) is 21.1. The van der Waals surface area contributed by atoms with Crippen LogP contribution in [0, 0.1) is 17.1 Å². The van der Waals surface area contributed by atoms with Crippen molar-refractivity contribution < 1.29 is 13.9 Å². The van der Waals surface area contributed by atoms with Gasteiger partial charge in [-0.3, -0.25) is 4.68 Å². The molecule has 0 saturated carbocycles. The second-order valence-corrected chi connectivity index (χ2v) is 7.87. The molecule has 1 N–H and O–H groups in total. The Kier molecular flexibility index (Phi) is 5.98. The van der Waals surface area contributed by atoms with Gasteiger partial charge in [0.25, 0.3) is 0 Å². The number of nitrogens with one attached hydrogen (secondary N) is 1. The maximum absolute atomic E-state index is 13.2. The molecule has 166 valence electrons. The Morgan fingerprint density at radius 2 is 2.00 bits per heavy atom. The smallest absolute Gasteiger partial charge is 0.222 e. The maximum Gasteiger partial charge on any atom is 0.222 e. The first-order chi connectivity index (χ1) is 16.2. The molecule has 0 amide bonds. The van der Waals surface area contributed by atoms with Crippen LogP contribution in [0.1, 0.15) is 11.1 Å². The third kappa shape index (κ3) is 4.70. The number of hydrogen-bond donors (Lipinski definition) is 1. The number of halogens is 1. The number of hydrogen-bond acceptors (Lipinski definition) is 6. The van der Waals surface area contributed by atoms with Crippen LogP contribution >= 0.6 is 0 Å². The van der Waals surface area contributed by atoms with Gasteiger partial charge < -0.3 is 14.8 Å². The fourth-order valence-corrected chi connectivity index (χ4v) is 3.84. The minimum Gasteiger partial charge on any atom is -0.472 e. The minimum atomic E-state index is -0.291. The summed E-state index contributed by atoms with van der Waals surface area (Å²) in [4.78, 5) is 4.74. The molecule has 0 unspecified atom stereocenters. The average Bonchev–Trinajstić information content (AvgIpc) is 3.25. The Balaban J connectivity index is 1.50. The first-order valence-electron chi connectivity index (χ1n) is 10.8. The van der Waals surface area contributed by atoms with E-state index in [0.717, 1.165) is 35.3 Å². The molecule has 1 aliphatic rings. The number of aromatic nitrogens is 3. The first-order valence-corrected chi connectivity index (χ1v) is 10.8. The fourth-order valence-electron chi connectivity index (χ4n) is 3.84. The second-order valence-electron chi connectivity index (χ2n) is 7.87. The molecule has 1 fully saturated rings. The largest absolute Gasteiger partial charge is 0.472 e. The Labute approximate surface area is 190 Å². The zero-order valence-corrected chi connectivity index (χ0v) is 17.9. The van der Waals surface area contributed by atoms with Gasteiger partial charge >= 0.3 is 0 Å². The van der Waals surface area contributed by atoms with Crippen LogP contribution in [0.5, 0.6) is 5.88 Å². The summed E-state index contributed by atoms with van der Waals surface area (Å²) in [5, 5.41) is 17.0. The van der Waals surface area contributed by atoms with Crippen LogP contribution < -0.4 is 10.1 Å². The normalized spacial score (nSPS) is 15.9. The van der Waals surface area contributed by atoms with E-state index in [9.17, 15) is 4.39 Å².